The summed E-state index contributed by atoms with van der Waals surface area (Å²) in [6.07, 6.45) is 0. The van der Waals surface area contributed by atoms with E-state index in [9.17, 15) is 0 Å². The van der Waals surface area contributed by atoms with E-state index in [2.05, 4.69) is 53.8 Å². The normalized spacial score (nSPS) is 36.5. The van der Waals surface area contributed by atoms with Gasteiger partial charge in [0.15, 0.2) is 0 Å². The molecular weight excluding hydrogens is 158 g/mol. The van der Waals surface area contributed by atoms with Crippen molar-refractivity contribution < 1.29 is 0 Å². The Bertz CT molecular complexity index is 195. The van der Waals surface area contributed by atoms with E-state index in [-0.39, 0.29) is 0 Å². The highest BCUT2D eigenvalue weighted by atomic mass is 15.2. The molecule has 1 nitrogen and oxygen atoms in total. The van der Waals surface area contributed by atoms with E-state index in [0.717, 1.165) is 11.8 Å². The summed E-state index contributed by atoms with van der Waals surface area (Å²) < 4.78 is 0. The Labute approximate surface area is 83.3 Å². The summed E-state index contributed by atoms with van der Waals surface area (Å²) in [6, 6.07) is 0.695. The Hall–Kier alpha value is -0.0400. The van der Waals surface area contributed by atoms with Crippen molar-refractivity contribution in [3.63, 3.8) is 0 Å². The quantitative estimate of drug-likeness (QED) is 0.667. The molecule has 1 heterocycles. The third-order valence-electron chi connectivity index (χ3n) is 4.85. The van der Waals surface area contributed by atoms with Crippen LogP contribution >= 0.6 is 0 Å². The molecule has 1 fully saturated rings. The molecule has 0 radical (unpaired) electrons. The largest absolute Gasteiger partial charge is 0.305 e. The fraction of sp³-hybridized carbons (Fsp3) is 1.00. The second-order valence-corrected chi connectivity index (χ2v) is 5.85. The Morgan fingerprint density at radius 3 is 1.85 bits per heavy atom. The van der Waals surface area contributed by atoms with Gasteiger partial charge in [-0.3, -0.25) is 0 Å². The fourth-order valence-electron chi connectivity index (χ4n) is 2.20. The molecule has 1 N–H and O–H groups in total. The van der Waals surface area contributed by atoms with Gasteiger partial charge in [0.05, 0.1) is 0 Å². The lowest BCUT2D eigenvalue weighted by molar-refractivity contribution is 0.119. The molecule has 0 aliphatic carbocycles. The SMILES string of the molecule is CC(C)C(C)(C)C(C)C1(C)NC1C. The van der Waals surface area contributed by atoms with E-state index in [0.29, 0.717) is 17.0 Å². The first-order valence-corrected chi connectivity index (χ1v) is 5.50. The van der Waals surface area contributed by atoms with Crippen molar-refractivity contribution in [3.8, 4) is 0 Å². The molecule has 0 amide bonds. The van der Waals surface area contributed by atoms with Gasteiger partial charge in [0.25, 0.3) is 0 Å². The lowest BCUT2D eigenvalue weighted by Crippen LogP contribution is -2.38. The molecule has 0 bridgehead atoms. The molecule has 3 unspecified atom stereocenters. The van der Waals surface area contributed by atoms with Crippen molar-refractivity contribution in [2.45, 2.75) is 60.0 Å². The maximum Gasteiger partial charge on any atom is 0.0338 e. The number of hydrogen-bond donors (Lipinski definition) is 1. The first-order chi connectivity index (χ1) is 5.73. The van der Waals surface area contributed by atoms with Gasteiger partial charge < -0.3 is 5.32 Å². The lowest BCUT2D eigenvalue weighted by Gasteiger charge is -2.39. The Morgan fingerprint density at radius 2 is 1.62 bits per heavy atom. The van der Waals surface area contributed by atoms with Crippen LogP contribution in [0.5, 0.6) is 0 Å². The molecule has 13 heavy (non-hydrogen) atoms. The minimum Gasteiger partial charge on any atom is -0.305 e. The van der Waals surface area contributed by atoms with Crippen LogP contribution in [0.15, 0.2) is 0 Å². The van der Waals surface area contributed by atoms with E-state index < -0.39 is 0 Å². The summed E-state index contributed by atoms with van der Waals surface area (Å²) in [4.78, 5) is 0. The standard InChI is InChI=1S/C12H25N/c1-8(2)11(5,6)9(3)12(7)10(4)13-12/h8-10,13H,1-7H3. The van der Waals surface area contributed by atoms with Crippen LogP contribution in [-0.4, -0.2) is 11.6 Å². The maximum atomic E-state index is 3.57. The van der Waals surface area contributed by atoms with Gasteiger partial charge in [0.2, 0.25) is 0 Å². The van der Waals surface area contributed by atoms with E-state index in [1.54, 1.807) is 0 Å². The van der Waals surface area contributed by atoms with Crippen molar-refractivity contribution in [3.05, 3.63) is 0 Å². The fourth-order valence-corrected chi connectivity index (χ4v) is 2.20. The van der Waals surface area contributed by atoms with Crippen molar-refractivity contribution in [1.29, 1.82) is 0 Å². The maximum absolute atomic E-state index is 3.57. The van der Waals surface area contributed by atoms with Crippen molar-refractivity contribution in [2.24, 2.45) is 17.3 Å². The Morgan fingerprint density at radius 1 is 1.23 bits per heavy atom. The Kier molecular flexibility index (Phi) is 2.53. The summed E-state index contributed by atoms with van der Waals surface area (Å²) in [5, 5.41) is 3.57. The smallest absolute Gasteiger partial charge is 0.0338 e. The molecular formula is C12H25N. The monoisotopic (exact) mass is 183 g/mol. The van der Waals surface area contributed by atoms with Gasteiger partial charge in [0.1, 0.15) is 0 Å². The highest BCUT2D eigenvalue weighted by molar-refractivity contribution is 5.14. The van der Waals surface area contributed by atoms with E-state index in [4.69, 9.17) is 0 Å². The lowest BCUT2D eigenvalue weighted by atomic mass is 9.66. The molecule has 3 atom stereocenters. The third-order valence-corrected chi connectivity index (χ3v) is 4.85. The molecule has 1 saturated heterocycles. The van der Waals surface area contributed by atoms with Crippen molar-refractivity contribution >= 4 is 0 Å². The van der Waals surface area contributed by atoms with Gasteiger partial charge >= 0.3 is 0 Å². The average molecular weight is 183 g/mol. The van der Waals surface area contributed by atoms with Crippen LogP contribution in [0, 0.1) is 17.3 Å². The molecule has 0 aromatic rings. The molecule has 0 aromatic heterocycles. The summed E-state index contributed by atoms with van der Waals surface area (Å²) >= 11 is 0. The van der Waals surface area contributed by atoms with Crippen LogP contribution in [0.4, 0.5) is 0 Å². The minimum atomic E-state index is 0.383. The minimum absolute atomic E-state index is 0.383. The molecule has 1 rings (SSSR count). The topological polar surface area (TPSA) is 21.9 Å². The zero-order chi connectivity index (χ0) is 10.4. The highest BCUT2D eigenvalue weighted by Gasteiger charge is 2.54. The summed E-state index contributed by atoms with van der Waals surface area (Å²) in [7, 11) is 0. The van der Waals surface area contributed by atoms with Crippen molar-refractivity contribution in [1.82, 2.24) is 5.32 Å². The van der Waals surface area contributed by atoms with Gasteiger partial charge in [-0.05, 0) is 31.1 Å². The third kappa shape index (κ3) is 1.63. The summed E-state index contributed by atoms with van der Waals surface area (Å²) in [5.74, 6) is 1.48. The first kappa shape index (κ1) is 11.0. The average Bonchev–Trinajstić information content (AvgIpc) is 2.59. The summed E-state index contributed by atoms with van der Waals surface area (Å²) in [5.41, 5.74) is 0.806. The van der Waals surface area contributed by atoms with Crippen LogP contribution in [0.1, 0.15) is 48.5 Å². The zero-order valence-corrected chi connectivity index (χ0v) is 10.2. The van der Waals surface area contributed by atoms with Gasteiger partial charge in [-0.2, -0.15) is 0 Å². The predicted molar refractivity (Wildman–Crippen MR) is 58.8 cm³/mol. The molecule has 1 aliphatic heterocycles. The van der Waals surface area contributed by atoms with Gasteiger partial charge in [-0.1, -0.05) is 34.6 Å². The van der Waals surface area contributed by atoms with Crippen LogP contribution in [0.2, 0.25) is 0 Å². The van der Waals surface area contributed by atoms with Gasteiger partial charge in [-0.15, -0.1) is 0 Å². The van der Waals surface area contributed by atoms with E-state index in [1.165, 1.54) is 0 Å². The molecule has 1 aliphatic rings. The van der Waals surface area contributed by atoms with Gasteiger partial charge in [-0.25, -0.2) is 0 Å². The molecule has 0 aromatic carbocycles. The van der Waals surface area contributed by atoms with E-state index >= 15 is 0 Å². The first-order valence-electron chi connectivity index (χ1n) is 5.50. The van der Waals surface area contributed by atoms with Crippen LogP contribution in [-0.2, 0) is 0 Å². The molecule has 78 valence electrons. The van der Waals surface area contributed by atoms with Crippen LogP contribution < -0.4 is 5.32 Å². The van der Waals surface area contributed by atoms with Crippen LogP contribution in [0.25, 0.3) is 0 Å². The Balaban J connectivity index is 2.73. The van der Waals surface area contributed by atoms with Crippen LogP contribution in [0.3, 0.4) is 0 Å². The summed E-state index contributed by atoms with van der Waals surface area (Å²) in [6.45, 7) is 16.5. The number of hydrogen-bond acceptors (Lipinski definition) is 1. The van der Waals surface area contributed by atoms with Gasteiger partial charge in [0, 0.05) is 11.6 Å². The predicted octanol–water partition coefficient (Wildman–Crippen LogP) is 3.06. The number of nitrogens with one attached hydrogen (secondary N) is 1. The number of rotatable bonds is 3. The molecule has 0 spiro atoms. The second kappa shape index (κ2) is 2.98. The molecule has 0 saturated carbocycles. The zero-order valence-electron chi connectivity index (χ0n) is 10.2. The van der Waals surface area contributed by atoms with E-state index in [1.807, 2.05) is 0 Å². The second-order valence-electron chi connectivity index (χ2n) is 5.85. The van der Waals surface area contributed by atoms with Crippen molar-refractivity contribution in [2.75, 3.05) is 0 Å². The molecule has 1 heteroatoms. The highest BCUT2D eigenvalue weighted by Crippen LogP contribution is 2.46.